The third kappa shape index (κ3) is 2.25. The quantitative estimate of drug-likeness (QED) is 0.626. The Morgan fingerprint density at radius 3 is 2.38 bits per heavy atom. The van der Waals surface area contributed by atoms with E-state index >= 15 is 0 Å². The lowest BCUT2D eigenvalue weighted by atomic mass is 10.1. The fourth-order valence-corrected chi connectivity index (χ4v) is 1.27. The molecule has 1 aromatic carbocycles. The van der Waals surface area contributed by atoms with Gasteiger partial charge in [-0.1, -0.05) is 19.4 Å². The molecular formula is C11H14N2. The van der Waals surface area contributed by atoms with Crippen LogP contribution in [0.25, 0.3) is 0 Å². The van der Waals surface area contributed by atoms with Crippen molar-refractivity contribution < 1.29 is 0 Å². The van der Waals surface area contributed by atoms with E-state index in [0.29, 0.717) is 0 Å². The van der Waals surface area contributed by atoms with Crippen molar-refractivity contribution in [2.75, 3.05) is 0 Å². The van der Waals surface area contributed by atoms with Gasteiger partial charge in [0.25, 0.3) is 0 Å². The fraction of sp³-hybridized carbons (Fsp3) is 0.273. The van der Waals surface area contributed by atoms with Gasteiger partial charge in [0.05, 0.1) is 11.4 Å². The Morgan fingerprint density at radius 1 is 1.15 bits per heavy atom. The van der Waals surface area contributed by atoms with Crippen LogP contribution >= 0.6 is 0 Å². The van der Waals surface area contributed by atoms with Crippen molar-refractivity contribution in [1.82, 2.24) is 0 Å². The van der Waals surface area contributed by atoms with Crippen LogP contribution in [0.4, 0.5) is 11.4 Å². The second-order valence-electron chi connectivity index (χ2n) is 2.89. The third-order valence-corrected chi connectivity index (χ3v) is 1.92. The van der Waals surface area contributed by atoms with Gasteiger partial charge < -0.3 is 0 Å². The third-order valence-electron chi connectivity index (χ3n) is 1.92. The van der Waals surface area contributed by atoms with Crippen molar-refractivity contribution in [2.45, 2.75) is 19.8 Å². The first-order valence-corrected chi connectivity index (χ1v) is 4.38. The van der Waals surface area contributed by atoms with E-state index in [1.807, 2.05) is 12.1 Å². The Kier molecular flexibility index (Phi) is 3.38. The monoisotopic (exact) mass is 174 g/mol. The number of hydrogen-bond donors (Lipinski definition) is 0. The van der Waals surface area contributed by atoms with E-state index in [9.17, 15) is 0 Å². The van der Waals surface area contributed by atoms with Crippen molar-refractivity contribution in [3.05, 3.63) is 23.8 Å². The second kappa shape index (κ2) is 4.55. The molecule has 13 heavy (non-hydrogen) atoms. The largest absolute Gasteiger partial charge is 0.262 e. The smallest absolute Gasteiger partial charge is 0.0881 e. The van der Waals surface area contributed by atoms with E-state index in [-0.39, 0.29) is 0 Å². The zero-order valence-electron chi connectivity index (χ0n) is 7.95. The van der Waals surface area contributed by atoms with Gasteiger partial charge in [0.1, 0.15) is 0 Å². The molecule has 0 N–H and O–H groups in total. The van der Waals surface area contributed by atoms with E-state index in [2.05, 4.69) is 36.4 Å². The summed E-state index contributed by atoms with van der Waals surface area (Å²) in [4.78, 5) is 7.76. The highest BCUT2D eigenvalue weighted by atomic mass is 14.8. The molecule has 68 valence electrons. The Bertz CT molecular complexity index is 316. The maximum atomic E-state index is 3.90. The number of rotatable bonds is 4. The van der Waals surface area contributed by atoms with Crippen molar-refractivity contribution >= 4 is 24.8 Å². The molecule has 2 heteroatoms. The SMILES string of the molecule is C=Nc1ccc(CCC)cc1N=C. The molecule has 0 aliphatic rings. The van der Waals surface area contributed by atoms with Gasteiger partial charge in [0.15, 0.2) is 0 Å². The van der Waals surface area contributed by atoms with E-state index < -0.39 is 0 Å². The normalized spacial score (nSPS) is 9.62. The van der Waals surface area contributed by atoms with Gasteiger partial charge in [-0.2, -0.15) is 0 Å². The molecule has 0 saturated carbocycles. The van der Waals surface area contributed by atoms with Gasteiger partial charge >= 0.3 is 0 Å². The summed E-state index contributed by atoms with van der Waals surface area (Å²) in [5, 5.41) is 0. The van der Waals surface area contributed by atoms with Crippen LogP contribution in [0.2, 0.25) is 0 Å². The Labute approximate surface area is 79.0 Å². The molecule has 1 rings (SSSR count). The van der Waals surface area contributed by atoms with Crippen LogP contribution in [0, 0.1) is 0 Å². The zero-order valence-corrected chi connectivity index (χ0v) is 7.95. The van der Waals surface area contributed by atoms with Crippen LogP contribution in [0.5, 0.6) is 0 Å². The summed E-state index contributed by atoms with van der Waals surface area (Å²) in [5.74, 6) is 0. The molecule has 0 fully saturated rings. The first-order chi connectivity index (χ1) is 6.31. The first kappa shape index (κ1) is 9.65. The number of aliphatic imine (C=N–C) groups is 2. The fourth-order valence-electron chi connectivity index (χ4n) is 1.27. The van der Waals surface area contributed by atoms with Gasteiger partial charge in [0.2, 0.25) is 0 Å². The van der Waals surface area contributed by atoms with Gasteiger partial charge in [-0.25, -0.2) is 0 Å². The number of hydrogen-bond acceptors (Lipinski definition) is 2. The maximum absolute atomic E-state index is 3.90. The molecule has 0 saturated heterocycles. The predicted molar refractivity (Wildman–Crippen MR) is 58.9 cm³/mol. The van der Waals surface area contributed by atoms with Crippen molar-refractivity contribution in [2.24, 2.45) is 9.98 Å². The van der Waals surface area contributed by atoms with E-state index in [4.69, 9.17) is 0 Å². The average Bonchev–Trinajstić information content (AvgIpc) is 2.18. The maximum Gasteiger partial charge on any atom is 0.0881 e. The van der Waals surface area contributed by atoms with Crippen LogP contribution in [0.15, 0.2) is 28.2 Å². The summed E-state index contributed by atoms with van der Waals surface area (Å²) in [5.41, 5.74) is 2.90. The first-order valence-electron chi connectivity index (χ1n) is 4.38. The van der Waals surface area contributed by atoms with Gasteiger partial charge in [0, 0.05) is 0 Å². The molecule has 0 aromatic heterocycles. The molecule has 0 heterocycles. The lowest BCUT2D eigenvalue weighted by molar-refractivity contribution is 0.922. The summed E-state index contributed by atoms with van der Waals surface area (Å²) in [7, 11) is 0. The highest BCUT2D eigenvalue weighted by Crippen LogP contribution is 2.28. The minimum Gasteiger partial charge on any atom is -0.262 e. The van der Waals surface area contributed by atoms with Crippen LogP contribution < -0.4 is 0 Å². The van der Waals surface area contributed by atoms with Gasteiger partial charge in [-0.15, -0.1) is 0 Å². The molecule has 0 aliphatic heterocycles. The van der Waals surface area contributed by atoms with Gasteiger partial charge in [-0.05, 0) is 37.6 Å². The lowest BCUT2D eigenvalue weighted by Gasteiger charge is -2.02. The lowest BCUT2D eigenvalue weighted by Crippen LogP contribution is -1.81. The summed E-state index contributed by atoms with van der Waals surface area (Å²) >= 11 is 0. The Morgan fingerprint density at radius 2 is 1.85 bits per heavy atom. The van der Waals surface area contributed by atoms with E-state index in [1.54, 1.807) is 0 Å². The molecule has 0 atom stereocenters. The van der Waals surface area contributed by atoms with Crippen molar-refractivity contribution in [3.8, 4) is 0 Å². The molecule has 0 spiro atoms. The minimum atomic E-state index is 0.801. The molecule has 2 nitrogen and oxygen atoms in total. The standard InChI is InChI=1S/C11H14N2/c1-4-5-9-6-7-10(12-2)11(8-9)13-3/h6-8H,2-5H2,1H3. The van der Waals surface area contributed by atoms with Crippen LogP contribution in [0.3, 0.4) is 0 Å². The average molecular weight is 174 g/mol. The number of aryl methyl sites for hydroxylation is 1. The highest BCUT2D eigenvalue weighted by Gasteiger charge is 1.99. The second-order valence-corrected chi connectivity index (χ2v) is 2.89. The molecule has 0 bridgehead atoms. The molecule has 0 radical (unpaired) electrons. The summed E-state index contributed by atoms with van der Waals surface area (Å²) in [6.07, 6.45) is 2.21. The summed E-state index contributed by atoms with van der Waals surface area (Å²) in [6, 6.07) is 6.00. The molecular weight excluding hydrogens is 160 g/mol. The minimum absolute atomic E-state index is 0.801. The van der Waals surface area contributed by atoms with E-state index in [1.165, 1.54) is 5.56 Å². The molecule has 0 unspecified atom stereocenters. The predicted octanol–water partition coefficient (Wildman–Crippen LogP) is 3.30. The van der Waals surface area contributed by atoms with Crippen LogP contribution in [-0.4, -0.2) is 13.4 Å². The molecule has 0 amide bonds. The number of benzene rings is 1. The van der Waals surface area contributed by atoms with Crippen molar-refractivity contribution in [3.63, 3.8) is 0 Å². The van der Waals surface area contributed by atoms with Crippen molar-refractivity contribution in [1.29, 1.82) is 0 Å². The van der Waals surface area contributed by atoms with E-state index in [0.717, 1.165) is 24.2 Å². The zero-order chi connectivity index (χ0) is 9.68. The topological polar surface area (TPSA) is 24.7 Å². The van der Waals surface area contributed by atoms with Crippen LogP contribution in [0.1, 0.15) is 18.9 Å². The molecule has 1 aromatic rings. The molecule has 0 aliphatic carbocycles. The summed E-state index contributed by atoms with van der Waals surface area (Å²) in [6.45, 7) is 9.13. The van der Waals surface area contributed by atoms with Gasteiger partial charge in [-0.3, -0.25) is 9.98 Å². The Hall–Kier alpha value is -1.44. The van der Waals surface area contributed by atoms with Crippen LogP contribution in [-0.2, 0) is 6.42 Å². The Balaban J connectivity index is 3.05. The summed E-state index contributed by atoms with van der Waals surface area (Å²) < 4.78 is 0. The highest BCUT2D eigenvalue weighted by molar-refractivity contribution is 5.67. The number of nitrogens with zero attached hydrogens (tertiary/aromatic N) is 2.